The smallest absolute Gasteiger partial charge is 0.258 e. The van der Waals surface area contributed by atoms with Gasteiger partial charge in [-0.1, -0.05) is 45.1 Å². The summed E-state index contributed by atoms with van der Waals surface area (Å²) in [6.07, 6.45) is -2.72. The SMILES string of the molecule is C=C1C[C@](OC)([C@H](O)C(=O)N[C@@H](OCc2ccc(N3C(=O)C=CC3=O)cc2)[C@@H]2C[C@@H](O)C(C)(C)[C@@H](C[C@@H](COC)OC)O2)O[C@H](C)[C@@H]1C. The Kier molecular flexibility index (Phi) is 12.4. The molecule has 4 rings (SSSR count). The summed E-state index contributed by atoms with van der Waals surface area (Å²) < 4.78 is 35.4. The minimum atomic E-state index is -1.76. The van der Waals surface area contributed by atoms with E-state index in [4.69, 9.17) is 28.4 Å². The summed E-state index contributed by atoms with van der Waals surface area (Å²) in [5.74, 6) is -3.36. The highest BCUT2D eigenvalue weighted by atomic mass is 16.7. The van der Waals surface area contributed by atoms with Crippen molar-refractivity contribution in [3.63, 3.8) is 0 Å². The number of benzene rings is 1. The van der Waals surface area contributed by atoms with Crippen molar-refractivity contribution in [2.75, 3.05) is 32.8 Å². The van der Waals surface area contributed by atoms with Crippen LogP contribution in [0.4, 0.5) is 5.69 Å². The maximum Gasteiger partial charge on any atom is 0.258 e. The third kappa shape index (κ3) is 8.06. The highest BCUT2D eigenvalue weighted by Crippen LogP contribution is 2.41. The van der Waals surface area contributed by atoms with Crippen LogP contribution in [0.25, 0.3) is 0 Å². The van der Waals surface area contributed by atoms with Gasteiger partial charge in [-0.05, 0) is 24.6 Å². The van der Waals surface area contributed by atoms with E-state index in [1.165, 1.54) is 19.3 Å². The zero-order valence-electron chi connectivity index (χ0n) is 28.8. The van der Waals surface area contributed by atoms with E-state index in [0.717, 1.165) is 10.5 Å². The van der Waals surface area contributed by atoms with Crippen molar-refractivity contribution in [2.24, 2.45) is 11.3 Å². The average molecular weight is 675 g/mol. The molecule has 0 unspecified atom stereocenters. The van der Waals surface area contributed by atoms with Crippen LogP contribution < -0.4 is 10.2 Å². The third-order valence-electron chi connectivity index (χ3n) is 9.92. The molecule has 2 saturated heterocycles. The number of methoxy groups -OCH3 is 3. The first-order valence-corrected chi connectivity index (χ1v) is 16.2. The van der Waals surface area contributed by atoms with Gasteiger partial charge in [0, 0.05) is 64.1 Å². The summed E-state index contributed by atoms with van der Waals surface area (Å²) in [6, 6.07) is 6.64. The highest BCUT2D eigenvalue weighted by molar-refractivity contribution is 6.28. The number of aliphatic hydroxyl groups excluding tert-OH is 2. The van der Waals surface area contributed by atoms with Gasteiger partial charge in [-0.25, -0.2) is 4.90 Å². The third-order valence-corrected chi connectivity index (χ3v) is 9.92. The summed E-state index contributed by atoms with van der Waals surface area (Å²) in [5.41, 5.74) is 1.18. The van der Waals surface area contributed by atoms with Crippen molar-refractivity contribution in [3.8, 4) is 0 Å². The first-order valence-electron chi connectivity index (χ1n) is 16.2. The van der Waals surface area contributed by atoms with Gasteiger partial charge in [0.25, 0.3) is 17.7 Å². The monoisotopic (exact) mass is 674 g/mol. The number of carbonyl (C=O) groups excluding carboxylic acids is 3. The molecule has 2 fully saturated rings. The molecule has 0 radical (unpaired) electrons. The van der Waals surface area contributed by atoms with Crippen LogP contribution in [-0.4, -0.2) is 105 Å². The summed E-state index contributed by atoms with van der Waals surface area (Å²) in [5, 5.41) is 25.5. The van der Waals surface area contributed by atoms with Crippen molar-refractivity contribution in [3.05, 3.63) is 54.1 Å². The summed E-state index contributed by atoms with van der Waals surface area (Å²) in [6.45, 7) is 12.0. The zero-order chi connectivity index (χ0) is 35.4. The number of hydrogen-bond acceptors (Lipinski definition) is 11. The molecule has 3 heterocycles. The second kappa shape index (κ2) is 15.7. The van der Waals surface area contributed by atoms with Crippen LogP contribution >= 0.6 is 0 Å². The van der Waals surface area contributed by atoms with Gasteiger partial charge < -0.3 is 44.0 Å². The number of nitrogens with one attached hydrogen (secondary N) is 1. The molecule has 0 bridgehead atoms. The minimum absolute atomic E-state index is 0.00423. The normalized spacial score (nSPS) is 30.7. The molecule has 266 valence electrons. The molecule has 13 nitrogen and oxygen atoms in total. The maximum atomic E-state index is 13.8. The number of carbonyl (C=O) groups is 3. The predicted molar refractivity (Wildman–Crippen MR) is 174 cm³/mol. The van der Waals surface area contributed by atoms with E-state index in [1.807, 2.05) is 27.7 Å². The van der Waals surface area contributed by atoms with E-state index in [1.54, 1.807) is 38.5 Å². The topological polar surface area (TPSA) is 162 Å². The molecule has 3 amide bonds. The Hall–Kier alpha value is -3.01. The van der Waals surface area contributed by atoms with Crippen molar-refractivity contribution < 1.29 is 53.0 Å². The van der Waals surface area contributed by atoms with E-state index in [2.05, 4.69) is 11.9 Å². The Bertz CT molecular complexity index is 1330. The molecule has 48 heavy (non-hydrogen) atoms. The van der Waals surface area contributed by atoms with Crippen molar-refractivity contribution in [1.82, 2.24) is 5.32 Å². The second-order valence-electron chi connectivity index (χ2n) is 13.4. The molecular formula is C35H50N2O11. The second-order valence-corrected chi connectivity index (χ2v) is 13.4. The number of ether oxygens (including phenoxy) is 6. The maximum absolute atomic E-state index is 13.8. The minimum Gasteiger partial charge on any atom is -0.392 e. The first-order chi connectivity index (χ1) is 22.7. The summed E-state index contributed by atoms with van der Waals surface area (Å²) in [4.78, 5) is 39.0. The number of amides is 3. The Balaban J connectivity index is 1.57. The van der Waals surface area contributed by atoms with E-state index in [-0.39, 0.29) is 37.6 Å². The Morgan fingerprint density at radius 3 is 2.33 bits per heavy atom. The van der Waals surface area contributed by atoms with Crippen molar-refractivity contribution in [1.29, 1.82) is 0 Å². The lowest BCUT2D eigenvalue weighted by atomic mass is 9.74. The van der Waals surface area contributed by atoms with Crippen LogP contribution in [0, 0.1) is 11.3 Å². The van der Waals surface area contributed by atoms with Gasteiger partial charge in [0.2, 0.25) is 5.79 Å². The summed E-state index contributed by atoms with van der Waals surface area (Å²) in [7, 11) is 4.52. The van der Waals surface area contributed by atoms with E-state index < -0.39 is 59.6 Å². The Labute approximate surface area is 282 Å². The zero-order valence-corrected chi connectivity index (χ0v) is 28.8. The van der Waals surface area contributed by atoms with Crippen LogP contribution in [0.3, 0.4) is 0 Å². The molecule has 0 aromatic heterocycles. The first kappa shape index (κ1) is 37.8. The van der Waals surface area contributed by atoms with Gasteiger partial charge in [0.1, 0.15) is 6.10 Å². The molecule has 1 aromatic carbocycles. The lowest BCUT2D eigenvalue weighted by Gasteiger charge is -2.48. The molecule has 1 aromatic rings. The Morgan fingerprint density at radius 1 is 1.12 bits per heavy atom. The summed E-state index contributed by atoms with van der Waals surface area (Å²) >= 11 is 0. The molecule has 0 spiro atoms. The Morgan fingerprint density at radius 2 is 1.77 bits per heavy atom. The number of aliphatic hydroxyl groups is 2. The van der Waals surface area contributed by atoms with Gasteiger partial charge in [0.05, 0.1) is 43.3 Å². The predicted octanol–water partition coefficient (Wildman–Crippen LogP) is 2.38. The van der Waals surface area contributed by atoms with Gasteiger partial charge in [0.15, 0.2) is 12.3 Å². The van der Waals surface area contributed by atoms with Crippen LogP contribution in [0.15, 0.2) is 48.6 Å². The fourth-order valence-corrected chi connectivity index (χ4v) is 6.30. The number of imide groups is 1. The lowest BCUT2D eigenvalue weighted by Crippen LogP contribution is -2.62. The average Bonchev–Trinajstić information content (AvgIpc) is 3.40. The molecule has 0 aliphatic carbocycles. The van der Waals surface area contributed by atoms with E-state index >= 15 is 0 Å². The molecule has 3 N–H and O–H groups in total. The number of rotatable bonds is 14. The van der Waals surface area contributed by atoms with Crippen LogP contribution in [0.5, 0.6) is 0 Å². The highest BCUT2D eigenvalue weighted by Gasteiger charge is 2.51. The number of nitrogens with zero attached hydrogens (tertiary/aromatic N) is 1. The standard InChI is InChI=1S/C35H50N2O11/c1-20-17-35(45-8,48-22(3)21(20)2)31(41)32(42)36-33(26-16-27(38)34(4,5)28(47-26)15-25(44-7)19-43-6)46-18-23-9-11-24(12-10-23)37-29(39)13-14-30(37)40/h9-14,21-22,25-28,31,33,38,41H,1,15-19H2,2-8H3,(H,36,42)/t21-,22-,25+,26+,27-,28-,31-,33+,35-/m1/s1. The molecule has 3 aliphatic rings. The van der Waals surface area contributed by atoms with Gasteiger partial charge >= 0.3 is 0 Å². The van der Waals surface area contributed by atoms with Crippen molar-refractivity contribution in [2.45, 2.75) is 102 Å². The quantitative estimate of drug-likeness (QED) is 0.151. The molecule has 0 saturated carbocycles. The largest absolute Gasteiger partial charge is 0.392 e. The lowest BCUT2D eigenvalue weighted by molar-refractivity contribution is -0.298. The van der Waals surface area contributed by atoms with E-state index in [9.17, 15) is 24.6 Å². The fourth-order valence-electron chi connectivity index (χ4n) is 6.30. The van der Waals surface area contributed by atoms with Gasteiger partial charge in [-0.3, -0.25) is 14.4 Å². The number of anilines is 1. The molecular weight excluding hydrogens is 624 g/mol. The van der Waals surface area contributed by atoms with Crippen LogP contribution in [0.2, 0.25) is 0 Å². The van der Waals surface area contributed by atoms with Gasteiger partial charge in [-0.15, -0.1) is 0 Å². The van der Waals surface area contributed by atoms with E-state index in [0.29, 0.717) is 24.3 Å². The van der Waals surface area contributed by atoms with Crippen LogP contribution in [-0.2, 0) is 49.4 Å². The molecule has 13 heteroatoms. The number of hydrogen-bond donors (Lipinski definition) is 3. The fraction of sp³-hybridized carbons (Fsp3) is 0.629. The van der Waals surface area contributed by atoms with Crippen molar-refractivity contribution >= 4 is 23.4 Å². The van der Waals surface area contributed by atoms with Gasteiger partial charge in [-0.2, -0.15) is 0 Å². The molecule has 9 atom stereocenters. The van der Waals surface area contributed by atoms with Crippen LogP contribution in [0.1, 0.15) is 52.5 Å². The molecule has 3 aliphatic heterocycles.